The van der Waals surface area contributed by atoms with Crippen molar-refractivity contribution in [3.8, 4) is 0 Å². The molecule has 400 valence electrons. The monoisotopic (exact) mass is 960 g/mol. The average molecular weight is 961 g/mol. The summed E-state index contributed by atoms with van der Waals surface area (Å²) in [6, 6.07) is -0.725. The Hall–Kier alpha value is -2.19. The van der Waals surface area contributed by atoms with E-state index < -0.39 is 18.1 Å². The van der Waals surface area contributed by atoms with Crippen molar-refractivity contribution >= 4 is 17.9 Å². The third kappa shape index (κ3) is 48.8. The number of esters is 2. The van der Waals surface area contributed by atoms with E-state index in [9.17, 15) is 19.5 Å². The van der Waals surface area contributed by atoms with Crippen molar-refractivity contribution in [2.45, 2.75) is 302 Å². The first-order chi connectivity index (χ1) is 33.1. The number of allylic oxidation sites excluding steroid dienone is 4. The van der Waals surface area contributed by atoms with E-state index in [-0.39, 0.29) is 42.7 Å². The van der Waals surface area contributed by atoms with Crippen LogP contribution in [-0.2, 0) is 28.6 Å². The van der Waals surface area contributed by atoms with Crippen LogP contribution in [0.25, 0.3) is 0 Å². The molecular weight excluding hydrogens is 847 g/mol. The van der Waals surface area contributed by atoms with E-state index in [2.05, 4.69) is 38.2 Å². The highest BCUT2D eigenvalue weighted by molar-refractivity contribution is 5.70. The summed E-state index contributed by atoms with van der Waals surface area (Å²) in [5, 5.41) is 11.7. The Balaban J connectivity index is 4.13. The Morgan fingerprint density at radius 1 is 0.441 bits per heavy atom. The van der Waals surface area contributed by atoms with Crippen LogP contribution < -0.4 is 5.11 Å². The minimum Gasteiger partial charge on any atom is -0.544 e. The molecule has 0 aliphatic heterocycles. The summed E-state index contributed by atoms with van der Waals surface area (Å²) in [7, 11) is 5.43. The van der Waals surface area contributed by atoms with Gasteiger partial charge in [-0.3, -0.25) is 9.59 Å². The van der Waals surface area contributed by atoms with E-state index in [0.717, 1.165) is 44.9 Å². The molecule has 0 aromatic carbocycles. The highest BCUT2D eigenvalue weighted by atomic mass is 16.6. The molecule has 0 amide bonds. The van der Waals surface area contributed by atoms with E-state index in [1.807, 2.05) is 21.1 Å². The second-order valence-corrected chi connectivity index (χ2v) is 21.2. The molecule has 8 nitrogen and oxygen atoms in total. The molecule has 0 bridgehead atoms. The van der Waals surface area contributed by atoms with E-state index in [1.165, 1.54) is 212 Å². The smallest absolute Gasteiger partial charge is 0.306 e. The number of carboxylic acid groups (broad SMARTS) is 1. The van der Waals surface area contributed by atoms with E-state index >= 15 is 0 Å². The largest absolute Gasteiger partial charge is 0.544 e. The molecule has 0 heterocycles. The molecule has 0 aliphatic carbocycles. The highest BCUT2D eigenvalue weighted by Gasteiger charge is 2.25. The minimum atomic E-state index is -1.12. The van der Waals surface area contributed by atoms with Gasteiger partial charge in [0, 0.05) is 19.3 Å². The van der Waals surface area contributed by atoms with Gasteiger partial charge in [0.05, 0.1) is 40.3 Å². The van der Waals surface area contributed by atoms with Gasteiger partial charge in [0.2, 0.25) is 0 Å². The molecule has 0 spiro atoms. The number of quaternary nitrogens is 1. The number of aliphatic carboxylic acids is 1. The normalized spacial score (nSPS) is 12.9. The Morgan fingerprint density at radius 2 is 0.779 bits per heavy atom. The molecule has 2 unspecified atom stereocenters. The van der Waals surface area contributed by atoms with Gasteiger partial charge in [0.25, 0.3) is 0 Å². The average Bonchev–Trinajstić information content (AvgIpc) is 3.30. The van der Waals surface area contributed by atoms with Gasteiger partial charge in [-0.15, -0.1) is 0 Å². The van der Waals surface area contributed by atoms with Crippen LogP contribution in [0.1, 0.15) is 290 Å². The highest BCUT2D eigenvalue weighted by Crippen LogP contribution is 2.17. The van der Waals surface area contributed by atoms with Gasteiger partial charge < -0.3 is 28.6 Å². The quantitative estimate of drug-likeness (QED) is 0.0259. The number of hydrogen-bond acceptors (Lipinski definition) is 7. The molecule has 0 radical (unpaired) electrons. The molecule has 0 saturated heterocycles. The summed E-state index contributed by atoms with van der Waals surface area (Å²) < 4.78 is 17.3. The third-order valence-electron chi connectivity index (χ3n) is 13.6. The van der Waals surface area contributed by atoms with Gasteiger partial charge in [-0.25, -0.2) is 0 Å². The maximum absolute atomic E-state index is 12.8. The standard InChI is InChI=1S/C60H113NO7/c1-6-8-10-12-14-16-18-20-22-24-26-28-29-31-32-34-36-38-40-42-44-46-48-50-58(62)67-55-56(54-66-53-52-57(60(64)65)61(3,4)5)68-59(63)51-49-47-45-43-41-39-37-35-33-30-27-25-23-21-19-17-15-13-11-9-7-2/h19,21,25,27,56-57H,6-18,20,22-24,26,28-55H2,1-5H3/b21-19-,27-25-. The molecule has 0 aliphatic rings. The Morgan fingerprint density at radius 3 is 1.13 bits per heavy atom. The predicted octanol–water partition coefficient (Wildman–Crippen LogP) is 16.2. The lowest BCUT2D eigenvalue weighted by Crippen LogP contribution is -2.55. The number of ether oxygens (including phenoxy) is 3. The molecule has 68 heavy (non-hydrogen) atoms. The number of carboxylic acids is 1. The maximum atomic E-state index is 12.8. The molecule has 0 N–H and O–H groups in total. The summed E-state index contributed by atoms with van der Waals surface area (Å²) in [6.07, 6.45) is 60.8. The fraction of sp³-hybridized carbons (Fsp3) is 0.883. The van der Waals surface area contributed by atoms with Crippen molar-refractivity contribution in [1.29, 1.82) is 0 Å². The number of carbonyl (C=O) groups excluding carboxylic acids is 3. The van der Waals surface area contributed by atoms with Crippen LogP contribution in [-0.4, -0.2) is 75.5 Å². The van der Waals surface area contributed by atoms with Crippen molar-refractivity contribution in [1.82, 2.24) is 0 Å². The Bertz CT molecular complexity index is 1160. The Kier molecular flexibility index (Phi) is 49.5. The SMILES string of the molecule is CCCCCCC/C=C\C/C=C\CCCCCCCCCCCC(=O)OC(COCCC(C(=O)[O-])[N+](C)(C)C)COC(=O)CCCCCCCCCCCCCCCCCCCCCCCCC. The first-order valence-electron chi connectivity index (χ1n) is 29.4. The maximum Gasteiger partial charge on any atom is 0.306 e. The first kappa shape index (κ1) is 65.8. The predicted molar refractivity (Wildman–Crippen MR) is 287 cm³/mol. The second kappa shape index (κ2) is 51.2. The second-order valence-electron chi connectivity index (χ2n) is 21.2. The lowest BCUT2D eigenvalue weighted by molar-refractivity contribution is -0.889. The van der Waals surface area contributed by atoms with E-state index in [4.69, 9.17) is 14.2 Å². The van der Waals surface area contributed by atoms with Gasteiger partial charge in [0.1, 0.15) is 12.6 Å². The first-order valence-corrected chi connectivity index (χ1v) is 29.4. The van der Waals surface area contributed by atoms with Crippen LogP contribution in [0.5, 0.6) is 0 Å². The molecule has 0 fully saturated rings. The fourth-order valence-corrected chi connectivity index (χ4v) is 9.05. The van der Waals surface area contributed by atoms with Crippen LogP contribution in [0, 0.1) is 0 Å². The summed E-state index contributed by atoms with van der Waals surface area (Å²) in [6.45, 7) is 4.71. The molecule has 0 aromatic heterocycles. The zero-order chi connectivity index (χ0) is 49.9. The Labute approximate surface area is 421 Å². The van der Waals surface area contributed by atoms with Gasteiger partial charge in [-0.1, -0.05) is 250 Å². The van der Waals surface area contributed by atoms with Crippen molar-refractivity contribution in [2.24, 2.45) is 0 Å². The van der Waals surface area contributed by atoms with Crippen LogP contribution in [0.3, 0.4) is 0 Å². The van der Waals surface area contributed by atoms with Crippen molar-refractivity contribution in [3.05, 3.63) is 24.3 Å². The third-order valence-corrected chi connectivity index (χ3v) is 13.6. The molecule has 0 saturated carbocycles. The number of hydrogen-bond donors (Lipinski definition) is 0. The van der Waals surface area contributed by atoms with Gasteiger partial charge in [0.15, 0.2) is 6.10 Å². The zero-order valence-corrected chi connectivity index (χ0v) is 45.8. The summed E-state index contributed by atoms with van der Waals surface area (Å²) in [4.78, 5) is 37.2. The topological polar surface area (TPSA) is 102 Å². The summed E-state index contributed by atoms with van der Waals surface area (Å²) in [5.41, 5.74) is 0. The van der Waals surface area contributed by atoms with Crippen molar-refractivity contribution in [2.75, 3.05) is 41.0 Å². The number of nitrogens with zero attached hydrogens (tertiary/aromatic N) is 1. The molecule has 8 heteroatoms. The lowest BCUT2D eigenvalue weighted by Gasteiger charge is -2.34. The number of likely N-dealkylation sites (N-methyl/N-ethyl adjacent to an activating group) is 1. The van der Waals surface area contributed by atoms with Gasteiger partial charge in [-0.05, 0) is 44.9 Å². The number of unbranched alkanes of at least 4 members (excludes halogenated alkanes) is 36. The number of carbonyl (C=O) groups is 3. The zero-order valence-electron chi connectivity index (χ0n) is 45.8. The molecule has 0 rings (SSSR count). The van der Waals surface area contributed by atoms with Crippen LogP contribution in [0.15, 0.2) is 24.3 Å². The molecule has 2 atom stereocenters. The fourth-order valence-electron chi connectivity index (χ4n) is 9.05. The van der Waals surface area contributed by atoms with Crippen molar-refractivity contribution in [3.63, 3.8) is 0 Å². The number of rotatable bonds is 54. The van der Waals surface area contributed by atoms with Gasteiger partial charge in [-0.2, -0.15) is 0 Å². The summed E-state index contributed by atoms with van der Waals surface area (Å²) >= 11 is 0. The molecular formula is C60H113NO7. The summed E-state index contributed by atoms with van der Waals surface area (Å²) in [5.74, 6) is -1.72. The van der Waals surface area contributed by atoms with Gasteiger partial charge >= 0.3 is 11.9 Å². The van der Waals surface area contributed by atoms with Crippen molar-refractivity contribution < 1.29 is 38.2 Å². The lowest BCUT2D eigenvalue weighted by atomic mass is 10.0. The van der Waals surface area contributed by atoms with E-state index in [0.29, 0.717) is 12.8 Å². The minimum absolute atomic E-state index is 0.0440. The van der Waals surface area contributed by atoms with Crippen LogP contribution in [0.2, 0.25) is 0 Å². The molecule has 0 aromatic rings. The van der Waals surface area contributed by atoms with Crippen LogP contribution in [0.4, 0.5) is 0 Å². The van der Waals surface area contributed by atoms with E-state index in [1.54, 1.807) is 0 Å². The van der Waals surface area contributed by atoms with Crippen LogP contribution >= 0.6 is 0 Å².